The molecule has 2 aromatic rings. The van der Waals surface area contributed by atoms with E-state index in [4.69, 9.17) is 9.47 Å². The Bertz CT molecular complexity index is 813. The third-order valence-corrected chi connectivity index (χ3v) is 4.97. The summed E-state index contributed by atoms with van der Waals surface area (Å²) in [5.41, 5.74) is 6.01. The normalized spacial score (nSPS) is 14.0. The molecule has 0 aliphatic carbocycles. The lowest BCUT2D eigenvalue weighted by Crippen LogP contribution is -2.27. The van der Waals surface area contributed by atoms with Gasteiger partial charge in [0.25, 0.3) is 0 Å². The monoisotopic (exact) mass is 353 g/mol. The Balaban J connectivity index is 1.58. The van der Waals surface area contributed by atoms with Crippen LogP contribution in [0.5, 0.6) is 11.5 Å². The lowest BCUT2D eigenvalue weighted by Gasteiger charge is -2.19. The molecule has 1 aliphatic heterocycles. The average molecular weight is 353 g/mol. The summed E-state index contributed by atoms with van der Waals surface area (Å²) in [4.78, 5) is 12.4. The SMILES string of the molecule is Cc1cc(C)c([C@@H](C)NC(=O)CCc2ccc3c(c2)OCCO3)cc1C. The molecule has 3 rings (SSSR count). The van der Waals surface area contributed by atoms with Gasteiger partial charge >= 0.3 is 0 Å². The highest BCUT2D eigenvalue weighted by Crippen LogP contribution is 2.31. The highest BCUT2D eigenvalue weighted by Gasteiger charge is 2.15. The molecule has 2 aromatic carbocycles. The molecule has 138 valence electrons. The van der Waals surface area contributed by atoms with Gasteiger partial charge in [-0.05, 0) is 74.1 Å². The molecule has 26 heavy (non-hydrogen) atoms. The van der Waals surface area contributed by atoms with Crippen molar-refractivity contribution in [2.45, 2.75) is 46.6 Å². The molecule has 0 spiro atoms. The van der Waals surface area contributed by atoms with Gasteiger partial charge in [-0.1, -0.05) is 18.2 Å². The predicted molar refractivity (Wildman–Crippen MR) is 103 cm³/mol. The molecule has 4 heteroatoms. The summed E-state index contributed by atoms with van der Waals surface area (Å²) in [5, 5.41) is 3.12. The van der Waals surface area contributed by atoms with Gasteiger partial charge in [0.1, 0.15) is 13.2 Å². The van der Waals surface area contributed by atoms with Crippen molar-refractivity contribution in [1.82, 2.24) is 5.32 Å². The first kappa shape index (κ1) is 18.3. The average Bonchev–Trinajstić information content (AvgIpc) is 2.62. The Hall–Kier alpha value is -2.49. The number of fused-ring (bicyclic) bond motifs is 1. The molecular formula is C22H27NO3. The molecule has 0 saturated heterocycles. The van der Waals surface area contributed by atoms with Crippen LogP contribution in [0, 0.1) is 20.8 Å². The third-order valence-electron chi connectivity index (χ3n) is 4.97. The second kappa shape index (κ2) is 7.81. The fourth-order valence-corrected chi connectivity index (χ4v) is 3.34. The maximum Gasteiger partial charge on any atom is 0.220 e. The molecule has 0 bridgehead atoms. The van der Waals surface area contributed by atoms with Crippen LogP contribution in [0.3, 0.4) is 0 Å². The van der Waals surface area contributed by atoms with E-state index < -0.39 is 0 Å². The fourth-order valence-electron chi connectivity index (χ4n) is 3.34. The van der Waals surface area contributed by atoms with Crippen LogP contribution in [0.15, 0.2) is 30.3 Å². The topological polar surface area (TPSA) is 47.6 Å². The largest absolute Gasteiger partial charge is 0.486 e. The number of rotatable bonds is 5. The van der Waals surface area contributed by atoms with Gasteiger partial charge in [-0.25, -0.2) is 0 Å². The minimum absolute atomic E-state index is 0.00191. The van der Waals surface area contributed by atoms with E-state index in [0.29, 0.717) is 26.1 Å². The van der Waals surface area contributed by atoms with Crippen molar-refractivity contribution in [3.05, 3.63) is 58.1 Å². The fraction of sp³-hybridized carbons (Fsp3) is 0.409. The molecule has 0 fully saturated rings. The number of nitrogens with one attached hydrogen (secondary N) is 1. The van der Waals surface area contributed by atoms with Crippen LogP contribution in [0.4, 0.5) is 0 Å². The van der Waals surface area contributed by atoms with E-state index >= 15 is 0 Å². The zero-order chi connectivity index (χ0) is 18.7. The Morgan fingerprint density at radius 2 is 1.69 bits per heavy atom. The molecule has 1 heterocycles. The van der Waals surface area contributed by atoms with Gasteiger partial charge in [0.15, 0.2) is 11.5 Å². The van der Waals surface area contributed by atoms with Gasteiger partial charge in [0, 0.05) is 6.42 Å². The second-order valence-electron chi connectivity index (χ2n) is 7.06. The number of benzene rings is 2. The molecule has 1 atom stereocenters. The first-order chi connectivity index (χ1) is 12.4. The molecule has 0 aromatic heterocycles. The number of carbonyl (C=O) groups is 1. The highest BCUT2D eigenvalue weighted by atomic mass is 16.6. The summed E-state index contributed by atoms with van der Waals surface area (Å²) >= 11 is 0. The summed E-state index contributed by atoms with van der Waals surface area (Å²) in [7, 11) is 0. The standard InChI is InChI=1S/C22H27NO3/c1-14-11-16(3)19(12-15(14)2)17(4)23-22(24)8-6-18-5-7-20-21(13-18)26-10-9-25-20/h5,7,11-13,17H,6,8-10H2,1-4H3,(H,23,24)/t17-/m1/s1. The Morgan fingerprint density at radius 1 is 1.00 bits per heavy atom. The van der Waals surface area contributed by atoms with Crippen molar-refractivity contribution in [3.63, 3.8) is 0 Å². The molecular weight excluding hydrogens is 326 g/mol. The van der Waals surface area contributed by atoms with Crippen LogP contribution < -0.4 is 14.8 Å². The Labute approximate surface area is 155 Å². The summed E-state index contributed by atoms with van der Waals surface area (Å²) in [6.45, 7) is 9.52. The van der Waals surface area contributed by atoms with E-state index in [0.717, 1.165) is 17.1 Å². The smallest absolute Gasteiger partial charge is 0.220 e. The van der Waals surface area contributed by atoms with Crippen molar-refractivity contribution < 1.29 is 14.3 Å². The Kier molecular flexibility index (Phi) is 5.50. The number of hydrogen-bond acceptors (Lipinski definition) is 3. The van der Waals surface area contributed by atoms with E-state index in [-0.39, 0.29) is 11.9 Å². The number of carbonyl (C=O) groups excluding carboxylic acids is 1. The number of hydrogen-bond donors (Lipinski definition) is 1. The molecule has 1 N–H and O–H groups in total. The number of ether oxygens (including phenoxy) is 2. The van der Waals surface area contributed by atoms with Crippen LogP contribution >= 0.6 is 0 Å². The Morgan fingerprint density at radius 3 is 2.46 bits per heavy atom. The summed E-state index contributed by atoms with van der Waals surface area (Å²) < 4.78 is 11.1. The quantitative estimate of drug-likeness (QED) is 0.877. The van der Waals surface area contributed by atoms with Gasteiger partial charge in [0.05, 0.1) is 6.04 Å². The van der Waals surface area contributed by atoms with Crippen LogP contribution in [0.2, 0.25) is 0 Å². The van der Waals surface area contributed by atoms with Crippen molar-refractivity contribution in [2.75, 3.05) is 13.2 Å². The summed E-state index contributed by atoms with van der Waals surface area (Å²) in [6.07, 6.45) is 1.13. The molecule has 0 unspecified atom stereocenters. The van der Waals surface area contributed by atoms with Crippen molar-refractivity contribution in [2.24, 2.45) is 0 Å². The van der Waals surface area contributed by atoms with Gasteiger partial charge in [-0.2, -0.15) is 0 Å². The lowest BCUT2D eigenvalue weighted by molar-refractivity contribution is -0.121. The minimum atomic E-state index is 0.00191. The van der Waals surface area contributed by atoms with E-state index in [1.54, 1.807) is 0 Å². The van der Waals surface area contributed by atoms with Crippen LogP contribution in [0.25, 0.3) is 0 Å². The zero-order valence-electron chi connectivity index (χ0n) is 16.0. The van der Waals surface area contributed by atoms with E-state index in [2.05, 4.69) is 38.2 Å². The molecule has 4 nitrogen and oxygen atoms in total. The van der Waals surface area contributed by atoms with Gasteiger partial charge in [-0.15, -0.1) is 0 Å². The van der Waals surface area contributed by atoms with E-state index in [1.807, 2.05) is 25.1 Å². The minimum Gasteiger partial charge on any atom is -0.486 e. The molecule has 0 radical (unpaired) electrons. The van der Waals surface area contributed by atoms with Crippen LogP contribution in [-0.4, -0.2) is 19.1 Å². The van der Waals surface area contributed by atoms with Gasteiger partial charge in [-0.3, -0.25) is 4.79 Å². The van der Waals surface area contributed by atoms with Gasteiger partial charge in [0.2, 0.25) is 5.91 Å². The lowest BCUT2D eigenvalue weighted by atomic mass is 9.96. The maximum atomic E-state index is 12.4. The number of amides is 1. The van der Waals surface area contributed by atoms with E-state index in [9.17, 15) is 4.79 Å². The second-order valence-corrected chi connectivity index (χ2v) is 7.06. The van der Waals surface area contributed by atoms with Crippen molar-refractivity contribution in [3.8, 4) is 11.5 Å². The zero-order valence-corrected chi connectivity index (χ0v) is 16.0. The van der Waals surface area contributed by atoms with E-state index in [1.165, 1.54) is 22.3 Å². The van der Waals surface area contributed by atoms with Crippen LogP contribution in [0.1, 0.15) is 47.2 Å². The first-order valence-electron chi connectivity index (χ1n) is 9.19. The van der Waals surface area contributed by atoms with Crippen LogP contribution in [-0.2, 0) is 11.2 Å². The predicted octanol–water partition coefficient (Wildman–Crippen LogP) is 4.19. The maximum absolute atomic E-state index is 12.4. The summed E-state index contributed by atoms with van der Waals surface area (Å²) in [6, 6.07) is 10.3. The highest BCUT2D eigenvalue weighted by molar-refractivity contribution is 5.76. The van der Waals surface area contributed by atoms with Crippen molar-refractivity contribution >= 4 is 5.91 Å². The molecule has 1 amide bonds. The third kappa shape index (κ3) is 4.18. The summed E-state index contributed by atoms with van der Waals surface area (Å²) in [5.74, 6) is 1.61. The molecule has 0 saturated carbocycles. The van der Waals surface area contributed by atoms with Crippen molar-refractivity contribution in [1.29, 1.82) is 0 Å². The van der Waals surface area contributed by atoms with Gasteiger partial charge < -0.3 is 14.8 Å². The molecule has 1 aliphatic rings. The first-order valence-corrected chi connectivity index (χ1v) is 9.19. The number of aryl methyl sites for hydroxylation is 4.